The van der Waals surface area contributed by atoms with Gasteiger partial charge >= 0.3 is 0 Å². The van der Waals surface area contributed by atoms with E-state index < -0.39 is 0 Å². The van der Waals surface area contributed by atoms with E-state index in [1.54, 1.807) is 0 Å². The van der Waals surface area contributed by atoms with E-state index >= 15 is 0 Å². The summed E-state index contributed by atoms with van der Waals surface area (Å²) >= 11 is 0. The Morgan fingerprint density at radius 1 is 0.444 bits per heavy atom. The molecular formula is C33H47N3. The minimum absolute atomic E-state index is 0.989. The molecule has 0 heterocycles. The van der Waals surface area contributed by atoms with Crippen molar-refractivity contribution in [2.24, 2.45) is 0 Å². The van der Waals surface area contributed by atoms with Crippen LogP contribution in [-0.4, -0.2) is 39.3 Å². The number of hydrogen-bond acceptors (Lipinski definition) is 3. The summed E-state index contributed by atoms with van der Waals surface area (Å²) in [4.78, 5) is 7.35. The standard InChI is InChI=1S/C33H47N3/c1-10-34(11-2)27-17-19-29(25(8)22-27)32-24(7)16-21-31(36(14-5)15-6)33(32)30-20-18-28(23-26(30)9)35(12-3)13-4/h16-23H,10-15H2,1-9H3. The predicted octanol–water partition coefficient (Wildman–Crippen LogP) is 8.48. The second-order valence-corrected chi connectivity index (χ2v) is 9.67. The molecule has 3 nitrogen and oxygen atoms in total. The van der Waals surface area contributed by atoms with E-state index in [2.05, 4.69) is 126 Å². The maximum atomic E-state index is 2.50. The van der Waals surface area contributed by atoms with Gasteiger partial charge in [-0.15, -0.1) is 0 Å². The van der Waals surface area contributed by atoms with Gasteiger partial charge in [0.25, 0.3) is 0 Å². The Labute approximate surface area is 220 Å². The third-order valence-electron chi connectivity index (χ3n) is 7.71. The minimum Gasteiger partial charge on any atom is -0.372 e. The molecule has 0 saturated carbocycles. The van der Waals surface area contributed by atoms with Gasteiger partial charge in [-0.2, -0.15) is 0 Å². The van der Waals surface area contributed by atoms with Crippen molar-refractivity contribution in [3.63, 3.8) is 0 Å². The van der Waals surface area contributed by atoms with Gasteiger partial charge in [0.2, 0.25) is 0 Å². The largest absolute Gasteiger partial charge is 0.372 e. The third-order valence-corrected chi connectivity index (χ3v) is 7.71. The van der Waals surface area contributed by atoms with Crippen LogP contribution in [0, 0.1) is 20.8 Å². The van der Waals surface area contributed by atoms with Gasteiger partial charge in [-0.1, -0.05) is 18.2 Å². The normalized spacial score (nSPS) is 11.0. The molecule has 3 aromatic rings. The van der Waals surface area contributed by atoms with E-state index in [1.807, 2.05) is 0 Å². The second-order valence-electron chi connectivity index (χ2n) is 9.67. The van der Waals surface area contributed by atoms with E-state index in [9.17, 15) is 0 Å². The van der Waals surface area contributed by atoms with Crippen LogP contribution < -0.4 is 14.7 Å². The number of hydrogen-bond donors (Lipinski definition) is 0. The quantitative estimate of drug-likeness (QED) is 0.270. The maximum absolute atomic E-state index is 2.50. The van der Waals surface area contributed by atoms with Gasteiger partial charge in [0, 0.05) is 61.9 Å². The first-order valence-corrected chi connectivity index (χ1v) is 13.9. The summed E-state index contributed by atoms with van der Waals surface area (Å²) in [5.74, 6) is 0. The lowest BCUT2D eigenvalue weighted by Gasteiger charge is -2.29. The third kappa shape index (κ3) is 5.40. The first-order chi connectivity index (χ1) is 17.3. The first-order valence-electron chi connectivity index (χ1n) is 13.9. The number of nitrogens with zero attached hydrogens (tertiary/aromatic N) is 3. The molecule has 0 amide bonds. The lowest BCUT2D eigenvalue weighted by molar-refractivity contribution is 0.864. The van der Waals surface area contributed by atoms with E-state index in [4.69, 9.17) is 0 Å². The fourth-order valence-corrected chi connectivity index (χ4v) is 5.57. The van der Waals surface area contributed by atoms with Crippen LogP contribution >= 0.6 is 0 Å². The molecule has 0 bridgehead atoms. The molecule has 194 valence electrons. The van der Waals surface area contributed by atoms with Crippen molar-refractivity contribution in [2.45, 2.75) is 62.3 Å². The van der Waals surface area contributed by atoms with Gasteiger partial charge in [0.1, 0.15) is 0 Å². The Hall–Kier alpha value is -2.94. The summed E-state index contributed by atoms with van der Waals surface area (Å²) in [7, 11) is 0. The molecule has 0 radical (unpaired) electrons. The second kappa shape index (κ2) is 12.3. The Bertz CT molecular complexity index is 1150. The number of anilines is 3. The summed E-state index contributed by atoms with van der Waals surface area (Å²) < 4.78 is 0. The molecule has 3 rings (SSSR count). The molecule has 3 aromatic carbocycles. The molecule has 0 saturated heterocycles. The van der Waals surface area contributed by atoms with Gasteiger partial charge in [-0.05, 0) is 126 Å². The average Bonchev–Trinajstić information content (AvgIpc) is 2.88. The number of aryl methyl sites for hydroxylation is 3. The molecule has 3 heteroatoms. The SMILES string of the molecule is CCN(CC)c1ccc(-c2c(C)ccc(N(CC)CC)c2-c2ccc(N(CC)CC)cc2C)c(C)c1. The molecule has 0 unspecified atom stereocenters. The zero-order valence-corrected chi connectivity index (χ0v) is 24.2. The van der Waals surface area contributed by atoms with Crippen LogP contribution in [0.2, 0.25) is 0 Å². The van der Waals surface area contributed by atoms with E-state index in [0.717, 1.165) is 39.3 Å². The van der Waals surface area contributed by atoms with Crippen molar-refractivity contribution in [2.75, 3.05) is 54.0 Å². The van der Waals surface area contributed by atoms with Crippen LogP contribution in [0.1, 0.15) is 58.2 Å². The van der Waals surface area contributed by atoms with E-state index in [0.29, 0.717) is 0 Å². The molecular weight excluding hydrogens is 438 g/mol. The summed E-state index contributed by atoms with van der Waals surface area (Å²) in [6.07, 6.45) is 0. The van der Waals surface area contributed by atoms with Gasteiger partial charge in [-0.25, -0.2) is 0 Å². The van der Waals surface area contributed by atoms with Crippen molar-refractivity contribution in [1.82, 2.24) is 0 Å². The van der Waals surface area contributed by atoms with Crippen LogP contribution in [0.4, 0.5) is 17.1 Å². The Balaban J connectivity index is 2.32. The molecule has 0 N–H and O–H groups in total. The molecule has 0 fully saturated rings. The highest BCUT2D eigenvalue weighted by Gasteiger charge is 2.21. The van der Waals surface area contributed by atoms with Crippen LogP contribution in [0.5, 0.6) is 0 Å². The summed E-state index contributed by atoms with van der Waals surface area (Å²) in [6, 6.07) is 18.7. The first kappa shape index (κ1) is 27.6. The minimum atomic E-state index is 0.989. The molecule has 0 aromatic heterocycles. The molecule has 0 aliphatic carbocycles. The fourth-order valence-electron chi connectivity index (χ4n) is 5.57. The lowest BCUT2D eigenvalue weighted by Crippen LogP contribution is -2.23. The van der Waals surface area contributed by atoms with Crippen LogP contribution in [-0.2, 0) is 0 Å². The molecule has 0 atom stereocenters. The van der Waals surface area contributed by atoms with Crippen molar-refractivity contribution < 1.29 is 0 Å². The summed E-state index contributed by atoms with van der Waals surface area (Å²) in [5.41, 5.74) is 13.3. The highest BCUT2D eigenvalue weighted by molar-refractivity contribution is 5.96. The van der Waals surface area contributed by atoms with Gasteiger partial charge in [-0.3, -0.25) is 0 Å². The summed E-state index contributed by atoms with van der Waals surface area (Å²) in [5, 5.41) is 0. The number of rotatable bonds is 11. The average molecular weight is 486 g/mol. The van der Waals surface area contributed by atoms with Crippen molar-refractivity contribution in [3.8, 4) is 22.3 Å². The van der Waals surface area contributed by atoms with E-state index in [-0.39, 0.29) is 0 Å². The number of benzene rings is 3. The van der Waals surface area contributed by atoms with Crippen LogP contribution in [0.15, 0.2) is 48.5 Å². The van der Waals surface area contributed by atoms with Crippen LogP contribution in [0.25, 0.3) is 22.3 Å². The smallest absolute Gasteiger partial charge is 0.0452 e. The molecule has 36 heavy (non-hydrogen) atoms. The zero-order valence-electron chi connectivity index (χ0n) is 24.2. The van der Waals surface area contributed by atoms with E-state index in [1.165, 1.54) is 56.0 Å². The zero-order chi connectivity index (χ0) is 26.4. The van der Waals surface area contributed by atoms with Gasteiger partial charge in [0.15, 0.2) is 0 Å². The monoisotopic (exact) mass is 485 g/mol. The van der Waals surface area contributed by atoms with Crippen LogP contribution in [0.3, 0.4) is 0 Å². The molecule has 0 spiro atoms. The lowest BCUT2D eigenvalue weighted by atomic mass is 9.85. The predicted molar refractivity (Wildman–Crippen MR) is 162 cm³/mol. The molecule has 0 aliphatic rings. The summed E-state index contributed by atoms with van der Waals surface area (Å²) in [6.45, 7) is 26.3. The van der Waals surface area contributed by atoms with Crippen molar-refractivity contribution in [1.29, 1.82) is 0 Å². The highest BCUT2D eigenvalue weighted by atomic mass is 15.1. The van der Waals surface area contributed by atoms with Gasteiger partial charge in [0.05, 0.1) is 0 Å². The van der Waals surface area contributed by atoms with Crippen molar-refractivity contribution >= 4 is 17.1 Å². The fraction of sp³-hybridized carbons (Fsp3) is 0.455. The highest BCUT2D eigenvalue weighted by Crippen LogP contribution is 2.45. The Kier molecular flexibility index (Phi) is 9.48. The Morgan fingerprint density at radius 2 is 0.861 bits per heavy atom. The molecule has 0 aliphatic heterocycles. The van der Waals surface area contributed by atoms with Gasteiger partial charge < -0.3 is 14.7 Å². The Morgan fingerprint density at radius 3 is 1.25 bits per heavy atom. The topological polar surface area (TPSA) is 9.72 Å². The maximum Gasteiger partial charge on any atom is 0.0452 e. The van der Waals surface area contributed by atoms with Crippen molar-refractivity contribution in [3.05, 3.63) is 65.2 Å².